The van der Waals surface area contributed by atoms with Crippen LogP contribution in [0.4, 0.5) is 18.9 Å². The van der Waals surface area contributed by atoms with Crippen molar-refractivity contribution in [2.75, 3.05) is 24.5 Å². The Bertz CT molecular complexity index is 1000. The number of aliphatic carboxylic acids is 1. The highest BCUT2D eigenvalue weighted by molar-refractivity contribution is 6.31. The highest BCUT2D eigenvalue weighted by atomic mass is 35.5. The Kier molecular flexibility index (Phi) is 7.20. The van der Waals surface area contributed by atoms with E-state index in [1.165, 1.54) is 6.07 Å². The Labute approximate surface area is 190 Å². The quantitative estimate of drug-likeness (QED) is 0.510. The van der Waals surface area contributed by atoms with Crippen LogP contribution < -0.4 is 4.90 Å². The van der Waals surface area contributed by atoms with Crippen molar-refractivity contribution in [3.63, 3.8) is 0 Å². The summed E-state index contributed by atoms with van der Waals surface area (Å²) in [5, 5.41) is 8.77. The Hall–Kier alpha value is -2.51. The van der Waals surface area contributed by atoms with Gasteiger partial charge >= 0.3 is 12.1 Å². The zero-order chi connectivity index (χ0) is 23.6. The first-order chi connectivity index (χ1) is 15.0. The maximum atomic E-state index is 13.3. The lowest BCUT2D eigenvalue weighted by Gasteiger charge is -2.37. The van der Waals surface area contributed by atoms with Gasteiger partial charge in [-0.15, -0.1) is 0 Å². The van der Waals surface area contributed by atoms with Gasteiger partial charge in [0.1, 0.15) is 0 Å². The van der Waals surface area contributed by atoms with E-state index in [0.29, 0.717) is 31.9 Å². The molecule has 1 aliphatic rings. The molecule has 4 nitrogen and oxygen atoms in total. The summed E-state index contributed by atoms with van der Waals surface area (Å²) < 4.78 is 40.0. The van der Waals surface area contributed by atoms with Crippen molar-refractivity contribution in [3.05, 3.63) is 70.3 Å². The number of carbonyl (C=O) groups is 1. The first-order valence-electron chi connectivity index (χ1n) is 10.4. The zero-order valence-corrected chi connectivity index (χ0v) is 18.7. The van der Waals surface area contributed by atoms with Crippen molar-refractivity contribution in [1.29, 1.82) is 0 Å². The molecular weight excluding hydrogens is 441 g/mol. The Morgan fingerprint density at radius 3 is 2.56 bits per heavy atom. The monoisotopic (exact) mass is 466 g/mol. The van der Waals surface area contributed by atoms with Crippen molar-refractivity contribution in [1.82, 2.24) is 4.90 Å². The van der Waals surface area contributed by atoms with E-state index in [2.05, 4.69) is 11.5 Å². The third-order valence-electron chi connectivity index (χ3n) is 5.96. The number of hydrogen-bond acceptors (Lipinski definition) is 3. The van der Waals surface area contributed by atoms with Gasteiger partial charge < -0.3 is 10.0 Å². The van der Waals surface area contributed by atoms with Crippen LogP contribution in [-0.4, -0.2) is 35.6 Å². The normalized spacial score (nSPS) is 15.8. The number of alkyl halides is 3. The van der Waals surface area contributed by atoms with E-state index in [9.17, 15) is 18.0 Å². The van der Waals surface area contributed by atoms with Crippen molar-refractivity contribution in [3.8, 4) is 0 Å². The fraction of sp³-hybridized carbons (Fsp3) is 0.375. The standard InChI is InChI=1S/C24H26ClF3N2O2/c1-4-16-6-7-17(10-18(16)12-29-13-19(14-29)23(31)32)15(3)30(5-2)20-8-9-22(25)21(11-20)24(26,27)28/h4,6-11,15,19H,1,5,12-14H2,2-3H3,(H,31,32). The molecular formula is C24H26ClF3N2O2. The van der Waals surface area contributed by atoms with Crippen LogP contribution >= 0.6 is 11.6 Å². The van der Waals surface area contributed by atoms with Crippen LogP contribution in [0, 0.1) is 5.92 Å². The second-order valence-electron chi connectivity index (χ2n) is 8.02. The summed E-state index contributed by atoms with van der Waals surface area (Å²) in [6.07, 6.45) is -2.77. The summed E-state index contributed by atoms with van der Waals surface area (Å²) in [7, 11) is 0. The molecule has 1 N–H and O–H groups in total. The van der Waals surface area contributed by atoms with Gasteiger partial charge in [-0.2, -0.15) is 13.2 Å². The summed E-state index contributed by atoms with van der Waals surface area (Å²) in [6, 6.07) is 9.70. The molecule has 8 heteroatoms. The molecule has 1 aliphatic heterocycles. The highest BCUT2D eigenvalue weighted by Gasteiger charge is 2.34. The van der Waals surface area contributed by atoms with E-state index in [0.717, 1.165) is 22.8 Å². The van der Waals surface area contributed by atoms with E-state index in [1.54, 1.807) is 12.1 Å². The molecule has 0 bridgehead atoms. The largest absolute Gasteiger partial charge is 0.481 e. The van der Waals surface area contributed by atoms with Gasteiger partial charge in [-0.3, -0.25) is 9.69 Å². The number of hydrogen-bond donors (Lipinski definition) is 1. The lowest BCUT2D eigenvalue weighted by Crippen LogP contribution is -2.49. The fourth-order valence-electron chi connectivity index (χ4n) is 4.09. The lowest BCUT2D eigenvalue weighted by atomic mass is 9.95. The number of halogens is 4. The van der Waals surface area contributed by atoms with Gasteiger partial charge in [-0.05, 0) is 48.7 Å². The number of carboxylic acids is 1. The van der Waals surface area contributed by atoms with Gasteiger partial charge in [0.15, 0.2) is 0 Å². The molecule has 0 radical (unpaired) electrons. The topological polar surface area (TPSA) is 43.8 Å². The van der Waals surface area contributed by atoms with E-state index in [-0.39, 0.29) is 17.0 Å². The molecule has 0 amide bonds. The van der Waals surface area contributed by atoms with E-state index < -0.39 is 17.7 Å². The van der Waals surface area contributed by atoms with Crippen molar-refractivity contribution in [2.45, 2.75) is 32.6 Å². The van der Waals surface area contributed by atoms with Crippen LogP contribution in [-0.2, 0) is 17.5 Å². The molecule has 2 aromatic carbocycles. The molecule has 1 fully saturated rings. The summed E-state index contributed by atoms with van der Waals surface area (Å²) in [6.45, 7) is 9.79. The SMILES string of the molecule is C=Cc1ccc(C(C)N(CC)c2ccc(Cl)c(C(F)(F)F)c2)cc1CN1CC(C(=O)O)C1. The van der Waals surface area contributed by atoms with E-state index in [4.69, 9.17) is 16.7 Å². The van der Waals surface area contributed by atoms with Crippen LogP contribution in [0.25, 0.3) is 6.08 Å². The van der Waals surface area contributed by atoms with E-state index >= 15 is 0 Å². The molecule has 1 unspecified atom stereocenters. The van der Waals surface area contributed by atoms with Gasteiger partial charge in [0.25, 0.3) is 0 Å². The van der Waals surface area contributed by atoms with Crippen LogP contribution in [0.2, 0.25) is 5.02 Å². The molecule has 1 atom stereocenters. The molecule has 1 heterocycles. The summed E-state index contributed by atoms with van der Waals surface area (Å²) >= 11 is 5.79. The Morgan fingerprint density at radius 2 is 2.00 bits per heavy atom. The van der Waals surface area contributed by atoms with Crippen molar-refractivity contribution >= 4 is 29.3 Å². The number of rotatable bonds is 8. The highest BCUT2D eigenvalue weighted by Crippen LogP contribution is 2.38. The van der Waals surface area contributed by atoms with Crippen LogP contribution in [0.3, 0.4) is 0 Å². The van der Waals surface area contributed by atoms with Crippen LogP contribution in [0.15, 0.2) is 43.0 Å². The minimum Gasteiger partial charge on any atom is -0.481 e. The zero-order valence-electron chi connectivity index (χ0n) is 18.0. The average Bonchev–Trinajstić information content (AvgIpc) is 2.70. The summed E-state index contributed by atoms with van der Waals surface area (Å²) in [4.78, 5) is 15.0. The molecule has 0 spiro atoms. The number of anilines is 1. The van der Waals surface area contributed by atoms with Gasteiger partial charge in [0.05, 0.1) is 22.5 Å². The summed E-state index contributed by atoms with van der Waals surface area (Å²) in [5.74, 6) is -1.13. The molecule has 0 aliphatic carbocycles. The van der Waals surface area contributed by atoms with Gasteiger partial charge in [-0.1, -0.05) is 42.5 Å². The van der Waals surface area contributed by atoms with Gasteiger partial charge in [0, 0.05) is 31.9 Å². The smallest absolute Gasteiger partial charge is 0.417 e. The fourth-order valence-corrected chi connectivity index (χ4v) is 4.31. The molecule has 1 saturated heterocycles. The van der Waals surface area contributed by atoms with Gasteiger partial charge in [-0.25, -0.2) is 0 Å². The second kappa shape index (κ2) is 9.55. The molecule has 3 rings (SSSR count). The minimum absolute atomic E-state index is 0.192. The van der Waals surface area contributed by atoms with Crippen molar-refractivity contribution < 1.29 is 23.1 Å². The predicted octanol–water partition coefficient (Wildman–Crippen LogP) is 6.11. The number of benzene rings is 2. The molecule has 172 valence electrons. The van der Waals surface area contributed by atoms with Crippen LogP contribution in [0.5, 0.6) is 0 Å². The minimum atomic E-state index is -4.53. The first-order valence-corrected chi connectivity index (χ1v) is 10.8. The maximum Gasteiger partial charge on any atom is 0.417 e. The Morgan fingerprint density at radius 1 is 1.31 bits per heavy atom. The number of nitrogens with zero attached hydrogens (tertiary/aromatic N) is 2. The van der Waals surface area contributed by atoms with Crippen molar-refractivity contribution in [2.24, 2.45) is 5.92 Å². The van der Waals surface area contributed by atoms with E-state index in [1.807, 2.05) is 36.9 Å². The average molecular weight is 467 g/mol. The summed E-state index contributed by atoms with van der Waals surface area (Å²) in [5.41, 5.74) is 2.50. The third-order valence-corrected chi connectivity index (χ3v) is 6.29. The predicted molar refractivity (Wildman–Crippen MR) is 121 cm³/mol. The first kappa shape index (κ1) is 24.1. The molecule has 0 aromatic heterocycles. The van der Waals surface area contributed by atoms with Gasteiger partial charge in [0.2, 0.25) is 0 Å². The molecule has 0 saturated carbocycles. The molecule has 32 heavy (non-hydrogen) atoms. The lowest BCUT2D eigenvalue weighted by molar-refractivity contribution is -0.147. The third kappa shape index (κ3) is 5.10. The maximum absolute atomic E-state index is 13.3. The van der Waals surface area contributed by atoms with Crippen LogP contribution in [0.1, 0.15) is 42.1 Å². The second-order valence-corrected chi connectivity index (χ2v) is 8.42. The molecule has 2 aromatic rings. The Balaban J connectivity index is 1.86. The number of carboxylic acid groups (broad SMARTS) is 1. The number of likely N-dealkylation sites (tertiary alicyclic amines) is 1.